The van der Waals surface area contributed by atoms with Gasteiger partial charge in [-0.25, -0.2) is 14.2 Å². The largest absolute Gasteiger partial charge is 0.333 e. The normalized spacial score (nSPS) is 17.9. The maximum Gasteiger partial charge on any atom is 0.333 e. The van der Waals surface area contributed by atoms with E-state index in [2.05, 4.69) is 11.9 Å². The Kier molecular flexibility index (Phi) is 8.76. The third kappa shape index (κ3) is 6.18. The van der Waals surface area contributed by atoms with Gasteiger partial charge in [-0.1, -0.05) is 91.5 Å². The first kappa shape index (κ1) is 30.5. The fraction of sp³-hybridized carbons (Fsp3) is 0.222. The molecule has 2 atom stereocenters. The van der Waals surface area contributed by atoms with Crippen LogP contribution in [0.3, 0.4) is 0 Å². The number of carbonyl (C=O) groups excluding carboxylic acids is 3. The molecule has 2 heterocycles. The Morgan fingerprint density at radius 3 is 2.46 bits per heavy atom. The van der Waals surface area contributed by atoms with Gasteiger partial charge in [0.15, 0.2) is 0 Å². The minimum atomic E-state index is -0.813. The molecule has 2 aliphatic heterocycles. The molecule has 4 aromatic carbocycles. The van der Waals surface area contributed by atoms with E-state index in [0.717, 1.165) is 27.5 Å². The number of piperazine rings is 1. The van der Waals surface area contributed by atoms with Gasteiger partial charge < -0.3 is 15.1 Å². The number of hydrazine groups is 1. The third-order valence-electron chi connectivity index (χ3n) is 8.57. The SMILES string of the molecule is C=Cc1ccc(C[C@H]2C(=O)N(Cc3cccc4ccccc34)C[C@H]3N2C(=O)CN3N(CC#N)C(=O)NCc2ccc(F)cc2)cc1. The van der Waals surface area contributed by atoms with Gasteiger partial charge in [-0.3, -0.25) is 9.59 Å². The van der Waals surface area contributed by atoms with Crippen LogP contribution in [0.4, 0.5) is 9.18 Å². The van der Waals surface area contributed by atoms with Crippen LogP contribution >= 0.6 is 0 Å². The number of hydrogen-bond donors (Lipinski definition) is 1. The van der Waals surface area contributed by atoms with E-state index >= 15 is 0 Å². The quantitative estimate of drug-likeness (QED) is 0.275. The second-order valence-corrected chi connectivity index (χ2v) is 11.4. The molecule has 4 amide bonds. The molecular weight excluding hydrogens is 583 g/mol. The van der Waals surface area contributed by atoms with Crippen LogP contribution in [0.15, 0.2) is 97.6 Å². The Bertz CT molecular complexity index is 1820. The number of nitrogens with zero attached hydrogens (tertiary/aromatic N) is 5. The van der Waals surface area contributed by atoms with E-state index in [1.54, 1.807) is 33.0 Å². The van der Waals surface area contributed by atoms with Gasteiger partial charge in [0.05, 0.1) is 19.2 Å². The minimum Gasteiger partial charge on any atom is -0.333 e. The first-order valence-corrected chi connectivity index (χ1v) is 15.1. The second-order valence-electron chi connectivity index (χ2n) is 11.4. The molecule has 9 nitrogen and oxygen atoms in total. The molecule has 0 aliphatic carbocycles. The number of amides is 4. The molecule has 0 unspecified atom stereocenters. The van der Waals surface area contributed by atoms with Crippen molar-refractivity contribution < 1.29 is 18.8 Å². The van der Waals surface area contributed by atoms with E-state index in [4.69, 9.17) is 0 Å². The predicted molar refractivity (Wildman–Crippen MR) is 172 cm³/mol. The zero-order chi connectivity index (χ0) is 32.2. The van der Waals surface area contributed by atoms with E-state index in [1.165, 1.54) is 17.1 Å². The van der Waals surface area contributed by atoms with Crippen LogP contribution in [0.1, 0.15) is 22.3 Å². The van der Waals surface area contributed by atoms with Gasteiger partial charge in [-0.2, -0.15) is 10.3 Å². The summed E-state index contributed by atoms with van der Waals surface area (Å²) in [6, 6.07) is 28.0. The lowest BCUT2D eigenvalue weighted by molar-refractivity contribution is -0.157. The molecule has 10 heteroatoms. The number of fused-ring (bicyclic) bond motifs is 2. The van der Waals surface area contributed by atoms with Crippen molar-refractivity contribution in [3.8, 4) is 6.07 Å². The van der Waals surface area contributed by atoms with Crippen LogP contribution in [-0.4, -0.2) is 69.5 Å². The molecule has 232 valence electrons. The van der Waals surface area contributed by atoms with E-state index in [9.17, 15) is 24.0 Å². The molecule has 2 fully saturated rings. The number of halogens is 1. The highest BCUT2D eigenvalue weighted by atomic mass is 19.1. The van der Waals surface area contributed by atoms with Gasteiger partial charge in [-0.15, -0.1) is 0 Å². The van der Waals surface area contributed by atoms with E-state index < -0.39 is 18.2 Å². The van der Waals surface area contributed by atoms with E-state index in [-0.39, 0.29) is 50.2 Å². The number of benzene rings is 4. The van der Waals surface area contributed by atoms with Crippen LogP contribution in [0, 0.1) is 17.1 Å². The van der Waals surface area contributed by atoms with Gasteiger partial charge in [0.25, 0.3) is 0 Å². The number of nitrogens with one attached hydrogen (secondary N) is 1. The highest BCUT2D eigenvalue weighted by Crippen LogP contribution is 2.31. The topological polar surface area (TPSA) is 100.0 Å². The van der Waals surface area contributed by atoms with Gasteiger partial charge in [0, 0.05) is 19.5 Å². The molecule has 4 aromatic rings. The first-order chi connectivity index (χ1) is 22.4. The number of hydrogen-bond acceptors (Lipinski definition) is 5. The van der Waals surface area contributed by atoms with Crippen molar-refractivity contribution in [2.24, 2.45) is 0 Å². The Hall–Kier alpha value is -5.53. The molecule has 2 aliphatic rings. The molecule has 1 N–H and O–H groups in total. The molecule has 2 saturated heterocycles. The van der Waals surface area contributed by atoms with Crippen molar-refractivity contribution in [1.82, 2.24) is 25.1 Å². The third-order valence-corrected chi connectivity index (χ3v) is 8.57. The van der Waals surface area contributed by atoms with Crippen molar-refractivity contribution in [1.29, 1.82) is 5.26 Å². The maximum atomic E-state index is 14.2. The van der Waals surface area contributed by atoms with Gasteiger partial charge in [0.1, 0.15) is 24.6 Å². The lowest BCUT2D eigenvalue weighted by atomic mass is 9.98. The number of urea groups is 1. The van der Waals surface area contributed by atoms with E-state index in [0.29, 0.717) is 12.1 Å². The monoisotopic (exact) mass is 616 g/mol. The summed E-state index contributed by atoms with van der Waals surface area (Å²) in [4.78, 5) is 44.7. The molecular formula is C36H33FN6O3. The van der Waals surface area contributed by atoms with Crippen LogP contribution in [0.5, 0.6) is 0 Å². The van der Waals surface area contributed by atoms with Crippen LogP contribution in [0.2, 0.25) is 0 Å². The second kappa shape index (κ2) is 13.2. The molecule has 6 rings (SSSR count). The smallest absolute Gasteiger partial charge is 0.333 e. The Morgan fingerprint density at radius 2 is 1.72 bits per heavy atom. The highest BCUT2D eigenvalue weighted by molar-refractivity contribution is 5.92. The van der Waals surface area contributed by atoms with Crippen molar-refractivity contribution in [2.45, 2.75) is 31.7 Å². The van der Waals surface area contributed by atoms with Crippen LogP contribution in [0.25, 0.3) is 16.8 Å². The Balaban J connectivity index is 1.31. The van der Waals surface area contributed by atoms with Crippen molar-refractivity contribution in [2.75, 3.05) is 19.6 Å². The summed E-state index contributed by atoms with van der Waals surface area (Å²) >= 11 is 0. The highest BCUT2D eigenvalue weighted by Gasteiger charge is 2.52. The zero-order valence-electron chi connectivity index (χ0n) is 25.2. The minimum absolute atomic E-state index is 0.103. The Labute approximate surface area is 266 Å². The first-order valence-electron chi connectivity index (χ1n) is 15.1. The molecule has 0 aromatic heterocycles. The fourth-order valence-electron chi connectivity index (χ4n) is 6.26. The van der Waals surface area contributed by atoms with Gasteiger partial charge in [0.2, 0.25) is 11.8 Å². The summed E-state index contributed by atoms with van der Waals surface area (Å²) in [5.74, 6) is -0.868. The van der Waals surface area contributed by atoms with E-state index in [1.807, 2.05) is 72.8 Å². The average molecular weight is 617 g/mol. The van der Waals surface area contributed by atoms with Gasteiger partial charge in [-0.05, 0) is 45.2 Å². The molecule has 0 radical (unpaired) electrons. The fourth-order valence-corrected chi connectivity index (χ4v) is 6.26. The summed E-state index contributed by atoms with van der Waals surface area (Å²) < 4.78 is 13.4. The van der Waals surface area contributed by atoms with Crippen LogP contribution in [-0.2, 0) is 29.1 Å². The number of rotatable bonds is 9. The number of carbonyl (C=O) groups is 3. The summed E-state index contributed by atoms with van der Waals surface area (Å²) in [7, 11) is 0. The van der Waals surface area contributed by atoms with Crippen molar-refractivity contribution in [3.05, 3.63) is 126 Å². The molecule has 0 saturated carbocycles. The van der Waals surface area contributed by atoms with Crippen molar-refractivity contribution >= 4 is 34.7 Å². The molecule has 0 bridgehead atoms. The molecule has 0 spiro atoms. The summed E-state index contributed by atoms with van der Waals surface area (Å²) in [6.07, 6.45) is 1.35. The molecule has 46 heavy (non-hydrogen) atoms. The van der Waals surface area contributed by atoms with Crippen LogP contribution < -0.4 is 5.32 Å². The summed E-state index contributed by atoms with van der Waals surface area (Å²) in [5, 5.41) is 17.4. The lowest BCUT2D eigenvalue weighted by Crippen LogP contribution is -2.66. The Morgan fingerprint density at radius 1 is 1.00 bits per heavy atom. The van der Waals surface area contributed by atoms with Gasteiger partial charge >= 0.3 is 6.03 Å². The number of nitriles is 1. The van der Waals surface area contributed by atoms with Crippen molar-refractivity contribution in [3.63, 3.8) is 0 Å². The zero-order valence-corrected chi connectivity index (χ0v) is 25.2. The predicted octanol–water partition coefficient (Wildman–Crippen LogP) is 4.70. The summed E-state index contributed by atoms with van der Waals surface area (Å²) in [5.41, 5.74) is 3.47. The standard InChI is InChI=1S/C36H33FN6O3/c1-2-25-10-12-26(13-11-25)20-32-35(45)40(22-29-8-5-7-28-6-3-4-9-31(28)29)23-33-42(24-34(44)43(32)33)41(19-18-38)36(46)39-21-27-14-16-30(37)17-15-27/h2-17,32-33H,1,19-24H2,(H,39,46)/t32-,33+/m0/s1. The lowest BCUT2D eigenvalue weighted by Gasteiger charge is -2.46. The summed E-state index contributed by atoms with van der Waals surface area (Å²) in [6.45, 7) is 3.89. The average Bonchev–Trinajstić information content (AvgIpc) is 3.40. The maximum absolute atomic E-state index is 14.2.